The van der Waals surface area contributed by atoms with Crippen molar-refractivity contribution in [3.05, 3.63) is 30.3 Å². The number of piperidine rings is 1. The van der Waals surface area contributed by atoms with E-state index in [1.54, 1.807) is 0 Å². The molecule has 29 heavy (non-hydrogen) atoms. The number of hydrogen-bond donors (Lipinski definition) is 1. The smallest absolute Gasteiger partial charge is 0.321 e. The number of nitrogens with zero attached hydrogens (tertiary/aromatic N) is 2. The average Bonchev–Trinajstić information content (AvgIpc) is 3.60. The number of nitrogens with one attached hydrogen (secondary N) is 1. The molecule has 1 unspecified atom stereocenters. The lowest BCUT2D eigenvalue weighted by atomic mass is 9.83. The summed E-state index contributed by atoms with van der Waals surface area (Å²) in [7, 11) is 0. The first-order chi connectivity index (χ1) is 14.2. The fourth-order valence-corrected chi connectivity index (χ4v) is 5.14. The Morgan fingerprint density at radius 3 is 2.28 bits per heavy atom. The molecule has 1 aliphatic heterocycles. The first-order valence-corrected chi connectivity index (χ1v) is 11.6. The molecule has 1 aromatic carbocycles. The third kappa shape index (κ3) is 4.93. The summed E-state index contributed by atoms with van der Waals surface area (Å²) in [5.41, 5.74) is 0.804. The summed E-state index contributed by atoms with van der Waals surface area (Å²) in [4.78, 5) is 30.3. The molecule has 1 aromatic rings. The lowest BCUT2D eigenvalue weighted by Gasteiger charge is -2.41. The summed E-state index contributed by atoms with van der Waals surface area (Å²) in [5.74, 6) is 1.11. The lowest BCUT2D eigenvalue weighted by Crippen LogP contribution is -2.51. The molecule has 3 fully saturated rings. The molecule has 1 saturated heterocycles. The Hall–Kier alpha value is -2.04. The maximum Gasteiger partial charge on any atom is 0.321 e. The minimum absolute atomic E-state index is 0.0465. The van der Waals surface area contributed by atoms with Crippen LogP contribution in [0.15, 0.2) is 30.3 Å². The van der Waals surface area contributed by atoms with Crippen molar-refractivity contribution in [3.63, 3.8) is 0 Å². The summed E-state index contributed by atoms with van der Waals surface area (Å²) >= 11 is 0. The highest BCUT2D eigenvalue weighted by Gasteiger charge is 2.42. The van der Waals surface area contributed by atoms with Crippen LogP contribution in [0.25, 0.3) is 0 Å². The number of benzene rings is 1. The maximum atomic E-state index is 13.5. The van der Waals surface area contributed by atoms with Crippen LogP contribution in [0.5, 0.6) is 0 Å². The van der Waals surface area contributed by atoms with E-state index in [2.05, 4.69) is 17.1 Å². The Morgan fingerprint density at radius 1 is 1.00 bits per heavy atom. The number of carbonyl (C=O) groups is 2. The van der Waals surface area contributed by atoms with Gasteiger partial charge in [0.25, 0.3) is 0 Å². The highest BCUT2D eigenvalue weighted by molar-refractivity contribution is 5.90. The molecule has 3 aliphatic rings. The van der Waals surface area contributed by atoms with Gasteiger partial charge in [0.05, 0.1) is 5.92 Å². The molecule has 1 atom stereocenters. The maximum absolute atomic E-state index is 13.5. The van der Waals surface area contributed by atoms with Crippen LogP contribution in [0.2, 0.25) is 0 Å². The van der Waals surface area contributed by atoms with Crippen molar-refractivity contribution >= 4 is 17.6 Å². The summed E-state index contributed by atoms with van der Waals surface area (Å²) in [5, 5.41) is 2.97. The van der Waals surface area contributed by atoms with Crippen molar-refractivity contribution in [2.24, 2.45) is 11.8 Å². The van der Waals surface area contributed by atoms with E-state index >= 15 is 0 Å². The normalized spacial score (nSPS) is 27.3. The van der Waals surface area contributed by atoms with Crippen LogP contribution in [0.4, 0.5) is 10.5 Å². The van der Waals surface area contributed by atoms with Crippen LogP contribution < -0.4 is 5.32 Å². The predicted molar refractivity (Wildman–Crippen MR) is 116 cm³/mol. The summed E-state index contributed by atoms with van der Waals surface area (Å²) in [6.07, 6.45) is 10.2. The van der Waals surface area contributed by atoms with Crippen LogP contribution >= 0.6 is 0 Å². The second kappa shape index (κ2) is 9.19. The molecule has 5 heteroatoms. The van der Waals surface area contributed by atoms with E-state index in [1.807, 2.05) is 35.2 Å². The number of amides is 3. The Morgan fingerprint density at radius 2 is 1.66 bits per heavy atom. The average molecular weight is 398 g/mol. The van der Waals surface area contributed by atoms with E-state index in [1.165, 1.54) is 19.3 Å². The van der Waals surface area contributed by atoms with Crippen LogP contribution in [0, 0.1) is 11.8 Å². The zero-order chi connectivity index (χ0) is 20.2. The molecule has 2 aliphatic carbocycles. The third-order valence-electron chi connectivity index (χ3n) is 7.06. The van der Waals surface area contributed by atoms with Gasteiger partial charge in [0, 0.05) is 30.9 Å². The number of carbonyl (C=O) groups excluding carboxylic acids is 2. The van der Waals surface area contributed by atoms with Gasteiger partial charge in [-0.1, -0.05) is 31.5 Å². The number of urea groups is 1. The highest BCUT2D eigenvalue weighted by Crippen LogP contribution is 2.38. The standard InChI is InChI=1S/C24H35N3O2/c1-2-18-10-12-21(13-11-18)27(22-14-15-22)23(28)19-7-6-16-26(17-19)24(29)25-20-8-4-3-5-9-20/h3-5,8-9,18-19,21-22H,2,6-7,10-17H2,1H3,(H,25,29). The molecular weight excluding hydrogens is 362 g/mol. The van der Waals surface area contributed by atoms with Gasteiger partial charge in [-0.15, -0.1) is 0 Å². The van der Waals surface area contributed by atoms with E-state index in [0.29, 0.717) is 24.5 Å². The minimum atomic E-state index is -0.0878. The fourth-order valence-electron chi connectivity index (χ4n) is 5.14. The molecule has 3 amide bonds. The van der Waals surface area contributed by atoms with E-state index in [9.17, 15) is 9.59 Å². The van der Waals surface area contributed by atoms with Gasteiger partial charge in [-0.2, -0.15) is 0 Å². The number of rotatable bonds is 5. The van der Waals surface area contributed by atoms with Gasteiger partial charge in [0.1, 0.15) is 0 Å². The predicted octanol–water partition coefficient (Wildman–Crippen LogP) is 4.89. The zero-order valence-corrected chi connectivity index (χ0v) is 17.7. The van der Waals surface area contributed by atoms with E-state index < -0.39 is 0 Å². The van der Waals surface area contributed by atoms with Gasteiger partial charge < -0.3 is 15.1 Å². The summed E-state index contributed by atoms with van der Waals surface area (Å²) in [6, 6.07) is 10.3. The van der Waals surface area contributed by atoms with Crippen molar-refractivity contribution in [2.45, 2.75) is 76.8 Å². The topological polar surface area (TPSA) is 52.7 Å². The van der Waals surface area contributed by atoms with Gasteiger partial charge >= 0.3 is 6.03 Å². The lowest BCUT2D eigenvalue weighted by molar-refractivity contribution is -0.141. The van der Waals surface area contributed by atoms with Crippen molar-refractivity contribution < 1.29 is 9.59 Å². The molecule has 0 bridgehead atoms. The Balaban J connectivity index is 1.37. The minimum Gasteiger partial charge on any atom is -0.336 e. The molecule has 0 radical (unpaired) electrons. The first-order valence-electron chi connectivity index (χ1n) is 11.6. The Labute approximate surface area is 174 Å². The molecule has 4 rings (SSSR count). The molecule has 2 saturated carbocycles. The highest BCUT2D eigenvalue weighted by atomic mass is 16.2. The third-order valence-corrected chi connectivity index (χ3v) is 7.06. The van der Waals surface area contributed by atoms with Gasteiger partial charge in [0.2, 0.25) is 5.91 Å². The number of hydrogen-bond acceptors (Lipinski definition) is 2. The quantitative estimate of drug-likeness (QED) is 0.769. The summed E-state index contributed by atoms with van der Waals surface area (Å²) < 4.78 is 0. The zero-order valence-electron chi connectivity index (χ0n) is 17.7. The van der Waals surface area contributed by atoms with E-state index in [0.717, 1.165) is 56.7 Å². The summed E-state index contributed by atoms with van der Waals surface area (Å²) in [6.45, 7) is 3.56. The molecule has 0 aromatic heterocycles. The van der Waals surface area contributed by atoms with Crippen molar-refractivity contribution in [3.8, 4) is 0 Å². The second-order valence-electron chi connectivity index (χ2n) is 9.14. The molecular formula is C24H35N3O2. The van der Waals surface area contributed by atoms with E-state index in [-0.39, 0.29) is 11.9 Å². The number of para-hydroxylation sites is 1. The van der Waals surface area contributed by atoms with Crippen molar-refractivity contribution in [2.75, 3.05) is 18.4 Å². The molecule has 1 heterocycles. The monoisotopic (exact) mass is 397 g/mol. The molecule has 158 valence electrons. The van der Waals surface area contributed by atoms with Crippen LogP contribution in [0.3, 0.4) is 0 Å². The Bertz CT molecular complexity index is 695. The molecule has 0 spiro atoms. The van der Waals surface area contributed by atoms with Crippen LogP contribution in [-0.2, 0) is 4.79 Å². The molecule has 5 nitrogen and oxygen atoms in total. The SMILES string of the molecule is CCC1CCC(N(C(=O)C2CCCN(C(=O)Nc3ccccc3)C2)C2CC2)CC1. The Kier molecular flexibility index (Phi) is 6.41. The van der Waals surface area contributed by atoms with E-state index in [4.69, 9.17) is 0 Å². The van der Waals surface area contributed by atoms with Crippen LogP contribution in [-0.4, -0.2) is 46.9 Å². The largest absolute Gasteiger partial charge is 0.336 e. The number of anilines is 1. The fraction of sp³-hybridized carbons (Fsp3) is 0.667. The van der Waals surface area contributed by atoms with Crippen molar-refractivity contribution in [1.29, 1.82) is 0 Å². The number of likely N-dealkylation sites (tertiary alicyclic amines) is 1. The second-order valence-corrected chi connectivity index (χ2v) is 9.14. The van der Waals surface area contributed by atoms with Crippen molar-refractivity contribution in [1.82, 2.24) is 9.80 Å². The van der Waals surface area contributed by atoms with Crippen LogP contribution in [0.1, 0.15) is 64.7 Å². The van der Waals surface area contributed by atoms with Gasteiger partial charge in [0.15, 0.2) is 0 Å². The molecule has 1 N–H and O–H groups in total. The van der Waals surface area contributed by atoms with Gasteiger partial charge in [-0.05, 0) is 69.4 Å². The van der Waals surface area contributed by atoms with Gasteiger partial charge in [-0.25, -0.2) is 4.79 Å². The first kappa shape index (κ1) is 20.2. The van der Waals surface area contributed by atoms with Gasteiger partial charge in [-0.3, -0.25) is 4.79 Å².